The van der Waals surface area contributed by atoms with Crippen LogP contribution in [-0.4, -0.2) is 63.9 Å². The van der Waals surface area contributed by atoms with Gasteiger partial charge in [0.05, 0.1) is 21.2 Å². The van der Waals surface area contributed by atoms with E-state index >= 15 is 0 Å². The molecule has 0 aliphatic heterocycles. The number of hydrogen-bond donors (Lipinski definition) is 0. The summed E-state index contributed by atoms with van der Waals surface area (Å²) in [4.78, 5) is 33.4. The van der Waals surface area contributed by atoms with Crippen molar-refractivity contribution in [1.29, 1.82) is 0 Å². The van der Waals surface area contributed by atoms with Crippen molar-refractivity contribution in [3.63, 3.8) is 0 Å². The highest BCUT2D eigenvalue weighted by Gasteiger charge is 2.17. The molecule has 0 fully saturated rings. The molecule has 0 aromatic carbocycles. The third kappa shape index (κ3) is 42.9. The van der Waals surface area contributed by atoms with Gasteiger partial charge in [0.25, 0.3) is 0 Å². The van der Waals surface area contributed by atoms with E-state index in [-0.39, 0.29) is 11.9 Å². The lowest BCUT2D eigenvalue weighted by molar-refractivity contribution is -0.890. The van der Waals surface area contributed by atoms with Crippen LogP contribution in [0.3, 0.4) is 0 Å². The van der Waals surface area contributed by atoms with Crippen LogP contribution < -0.4 is 4.89 Å². The summed E-state index contributed by atoms with van der Waals surface area (Å²) in [5, 5.41) is 0. The van der Waals surface area contributed by atoms with Gasteiger partial charge >= 0.3 is 20.2 Å². The van der Waals surface area contributed by atoms with Gasteiger partial charge in [-0.25, -0.2) is 0 Å². The highest BCUT2D eigenvalue weighted by atomic mass is 31.1. The minimum absolute atomic E-state index is 0.0766. The third-order valence-corrected chi connectivity index (χ3v) is 9.34. The molecule has 286 valence electrons. The third-order valence-electron chi connectivity index (χ3n) is 9.04. The van der Waals surface area contributed by atoms with Crippen molar-refractivity contribution >= 4 is 20.2 Å². The first-order valence-electron chi connectivity index (χ1n) is 20.0. The second kappa shape index (κ2) is 38.7. The Balaban J connectivity index is 0. The van der Waals surface area contributed by atoms with E-state index in [1.807, 2.05) is 0 Å². The molecule has 8 nitrogen and oxygen atoms in total. The molecule has 9 heteroatoms. The predicted octanol–water partition coefficient (Wildman–Crippen LogP) is 10.8. The van der Waals surface area contributed by atoms with Crippen molar-refractivity contribution in [2.45, 2.75) is 194 Å². The number of hydrogen-bond acceptors (Lipinski definition) is 7. The Morgan fingerprint density at radius 3 is 0.958 bits per heavy atom. The number of rotatable bonds is 35. The maximum Gasteiger partial charge on any atom is 0.488 e. The minimum Gasteiger partial charge on any atom is -0.566 e. The van der Waals surface area contributed by atoms with Crippen molar-refractivity contribution in [2.24, 2.45) is 0 Å². The molecule has 0 aliphatic carbocycles. The number of quaternary nitrogens is 1. The number of ether oxygens (including phenoxy) is 2. The summed E-state index contributed by atoms with van der Waals surface area (Å²) in [5.41, 5.74) is 0. The predicted molar refractivity (Wildman–Crippen MR) is 199 cm³/mol. The first kappa shape index (κ1) is 49.0. The summed E-state index contributed by atoms with van der Waals surface area (Å²) in [6, 6.07) is 0. The van der Waals surface area contributed by atoms with Gasteiger partial charge in [0.15, 0.2) is 0 Å². The normalized spacial score (nSPS) is 11.6. The van der Waals surface area contributed by atoms with Gasteiger partial charge in [-0.15, -0.1) is 0 Å². The topological polar surface area (TPSA) is 102 Å². The zero-order chi connectivity index (χ0) is 36.0. The van der Waals surface area contributed by atoms with Gasteiger partial charge in [0, 0.05) is 12.8 Å². The first-order chi connectivity index (χ1) is 23.2. The van der Waals surface area contributed by atoms with Gasteiger partial charge in [0.1, 0.15) is 26.3 Å². The van der Waals surface area contributed by atoms with E-state index in [9.17, 15) is 19.0 Å². The molecule has 0 aromatic heterocycles. The summed E-state index contributed by atoms with van der Waals surface area (Å²) in [6.45, 7) is 6.87. The standard InChI is InChI=1S/C38H76NO4.CH3O3P/c1-5-7-9-11-13-15-17-19-21-23-25-27-29-31-37(40)42-35-33-39(3,4)34-36-43-38(41)32-30-28-26-24-22-20-18-16-14-12-10-8-6-2;1-4-5(2)3/h5-36H2,1-4H3;1H3/q+1;. The van der Waals surface area contributed by atoms with E-state index in [1.165, 1.54) is 141 Å². The zero-order valence-electron chi connectivity index (χ0n) is 32.4. The average Bonchev–Trinajstić information content (AvgIpc) is 3.05. The van der Waals surface area contributed by atoms with Crippen LogP contribution in [0.1, 0.15) is 194 Å². The highest BCUT2D eigenvalue weighted by Crippen LogP contribution is 2.15. The fourth-order valence-electron chi connectivity index (χ4n) is 5.64. The molecule has 0 saturated heterocycles. The fourth-order valence-corrected chi connectivity index (χ4v) is 5.64. The Labute approximate surface area is 298 Å². The average molecular weight is 705 g/mol. The summed E-state index contributed by atoms with van der Waals surface area (Å²) in [5.74, 6) is -0.153. The summed E-state index contributed by atoms with van der Waals surface area (Å²) < 4.78 is 24.5. The Hall–Kier alpha value is -1.08. The van der Waals surface area contributed by atoms with Gasteiger partial charge in [-0.1, -0.05) is 168 Å². The van der Waals surface area contributed by atoms with Crippen LogP contribution in [0, 0.1) is 0 Å². The van der Waals surface area contributed by atoms with E-state index in [4.69, 9.17) is 9.47 Å². The SMILES string of the molecule is CCCCCCCCCCCCCCCC(=O)OCC[N+](C)(C)CCOC(=O)CCCCCCCCCCCCCCC.CO[P+](=O)[O-]. The van der Waals surface area contributed by atoms with Gasteiger partial charge in [0.2, 0.25) is 0 Å². The molecule has 0 saturated carbocycles. The molecule has 1 unspecified atom stereocenters. The van der Waals surface area contributed by atoms with E-state index in [0.29, 0.717) is 30.5 Å². The number of unbranched alkanes of at least 4 members (excludes halogenated alkanes) is 24. The number of likely N-dealkylation sites (N-methyl/N-ethyl adjacent to an activating group) is 1. The molecule has 0 heterocycles. The summed E-state index contributed by atoms with van der Waals surface area (Å²) in [7, 11) is 2.70. The lowest BCUT2D eigenvalue weighted by Gasteiger charge is -2.29. The minimum atomic E-state index is -2.60. The van der Waals surface area contributed by atoms with Crippen molar-refractivity contribution in [2.75, 3.05) is 47.5 Å². The van der Waals surface area contributed by atoms with Crippen LogP contribution in [0.2, 0.25) is 0 Å². The maximum atomic E-state index is 12.1. The molecule has 0 bridgehead atoms. The Bertz CT molecular complexity index is 670. The van der Waals surface area contributed by atoms with E-state index in [0.717, 1.165) is 45.9 Å². The first-order valence-corrected chi connectivity index (χ1v) is 21.1. The fraction of sp³-hybridized carbons (Fsp3) is 0.949. The van der Waals surface area contributed by atoms with Crippen LogP contribution in [0.25, 0.3) is 0 Å². The monoisotopic (exact) mass is 705 g/mol. The quantitative estimate of drug-likeness (QED) is 0.0280. The van der Waals surface area contributed by atoms with Crippen molar-refractivity contribution < 1.29 is 37.5 Å². The maximum absolute atomic E-state index is 12.1. The zero-order valence-corrected chi connectivity index (χ0v) is 33.3. The second-order valence-corrected chi connectivity index (χ2v) is 15.0. The highest BCUT2D eigenvalue weighted by molar-refractivity contribution is 7.30. The number of nitrogens with zero attached hydrogens (tertiary/aromatic N) is 1. The summed E-state index contributed by atoms with van der Waals surface area (Å²) >= 11 is 0. The van der Waals surface area contributed by atoms with Gasteiger partial charge in [-0.2, -0.15) is 4.52 Å². The molecule has 0 aliphatic rings. The lowest BCUT2D eigenvalue weighted by Crippen LogP contribution is -2.45. The largest absolute Gasteiger partial charge is 0.566 e. The van der Waals surface area contributed by atoms with Crippen LogP contribution >= 0.6 is 8.25 Å². The molecule has 0 spiro atoms. The Kier molecular flexibility index (Phi) is 39.6. The smallest absolute Gasteiger partial charge is 0.488 e. The molecule has 0 rings (SSSR count). The second-order valence-electron chi connectivity index (χ2n) is 14.2. The van der Waals surface area contributed by atoms with E-state index < -0.39 is 8.25 Å². The molecule has 0 radical (unpaired) electrons. The molecule has 0 N–H and O–H groups in total. The van der Waals surface area contributed by atoms with Gasteiger partial charge < -0.3 is 18.9 Å². The molecule has 0 aromatic rings. The number of carbonyl (C=O) groups excluding carboxylic acids is 2. The number of carbonyl (C=O) groups is 2. The van der Waals surface area contributed by atoms with E-state index in [1.54, 1.807) is 0 Å². The van der Waals surface area contributed by atoms with Crippen molar-refractivity contribution in [3.05, 3.63) is 0 Å². The Morgan fingerprint density at radius 1 is 0.500 bits per heavy atom. The Morgan fingerprint density at radius 2 is 0.729 bits per heavy atom. The molecule has 0 amide bonds. The molecular formula is C39H79NO7P+. The van der Waals surface area contributed by atoms with Crippen LogP contribution in [0.5, 0.6) is 0 Å². The molecule has 48 heavy (non-hydrogen) atoms. The lowest BCUT2D eigenvalue weighted by atomic mass is 10.0. The van der Waals surface area contributed by atoms with Crippen molar-refractivity contribution in [3.8, 4) is 0 Å². The molecular weight excluding hydrogens is 625 g/mol. The summed E-state index contributed by atoms with van der Waals surface area (Å²) in [6.07, 6.45) is 35.1. The molecule has 1 atom stereocenters. The van der Waals surface area contributed by atoms with Crippen LogP contribution in [-0.2, 0) is 28.2 Å². The van der Waals surface area contributed by atoms with E-state index in [2.05, 4.69) is 32.5 Å². The van der Waals surface area contributed by atoms with Crippen LogP contribution in [0.15, 0.2) is 0 Å². The van der Waals surface area contributed by atoms with Gasteiger partial charge in [-0.3, -0.25) is 9.59 Å². The van der Waals surface area contributed by atoms with Crippen molar-refractivity contribution in [1.82, 2.24) is 0 Å². The van der Waals surface area contributed by atoms with Crippen LogP contribution in [0.4, 0.5) is 0 Å². The van der Waals surface area contributed by atoms with Gasteiger partial charge in [-0.05, 0) is 17.4 Å². The number of esters is 2.